The minimum Gasteiger partial charge on any atom is -0.394 e. The number of hydrogen-bond donors (Lipinski definition) is 2. The maximum absolute atomic E-state index is 10.2. The predicted octanol–water partition coefficient (Wildman–Crippen LogP) is 7.78. The van der Waals surface area contributed by atoms with E-state index in [2.05, 4.69) is 78.3 Å². The van der Waals surface area contributed by atoms with Crippen molar-refractivity contribution in [1.82, 2.24) is 14.9 Å². The van der Waals surface area contributed by atoms with Crippen LogP contribution in [0.4, 0.5) is 0 Å². The molecule has 204 valence electrons. The summed E-state index contributed by atoms with van der Waals surface area (Å²) >= 11 is 6.06. The Balaban J connectivity index is 1.30. The van der Waals surface area contributed by atoms with Crippen LogP contribution in [0.5, 0.6) is 0 Å². The van der Waals surface area contributed by atoms with Gasteiger partial charge in [0.2, 0.25) is 0 Å². The van der Waals surface area contributed by atoms with Gasteiger partial charge in [0.25, 0.3) is 0 Å². The molecular formula is C35H37N3OS. The first-order chi connectivity index (χ1) is 19.5. The average Bonchev–Trinajstić information content (AvgIpc) is 3.60. The minimum absolute atomic E-state index is 0.00620. The highest BCUT2D eigenvalue weighted by Gasteiger charge is 2.31. The highest BCUT2D eigenvalue weighted by molar-refractivity contribution is 7.80. The lowest BCUT2D eigenvalue weighted by atomic mass is 9.84. The van der Waals surface area contributed by atoms with Gasteiger partial charge in [-0.25, -0.2) is 4.98 Å². The number of pyridine rings is 1. The van der Waals surface area contributed by atoms with E-state index in [9.17, 15) is 5.11 Å². The molecule has 0 spiro atoms. The third kappa shape index (κ3) is 5.16. The van der Waals surface area contributed by atoms with Gasteiger partial charge in [-0.1, -0.05) is 97.9 Å². The van der Waals surface area contributed by atoms with E-state index in [0.717, 1.165) is 28.4 Å². The van der Waals surface area contributed by atoms with E-state index in [-0.39, 0.29) is 18.6 Å². The number of benzene rings is 3. The topological polar surface area (TPSA) is 50.1 Å². The molecule has 0 radical (unpaired) electrons. The third-order valence-electron chi connectivity index (χ3n) is 8.58. The van der Waals surface area contributed by atoms with Crippen molar-refractivity contribution in [2.45, 2.75) is 58.0 Å². The first-order valence-corrected chi connectivity index (χ1v) is 14.8. The lowest BCUT2D eigenvalue weighted by molar-refractivity contribution is 0.257. The molecular weight excluding hydrogens is 510 g/mol. The summed E-state index contributed by atoms with van der Waals surface area (Å²) < 4.78 is 2.35. The normalized spacial score (nSPS) is 15.5. The molecule has 6 rings (SSSR count). The Kier molecular flexibility index (Phi) is 7.68. The van der Waals surface area contributed by atoms with Crippen LogP contribution in [0, 0.1) is 19.8 Å². The number of thiocarbonyl (C=S) groups is 1. The summed E-state index contributed by atoms with van der Waals surface area (Å²) in [4.78, 5) is 5.80. The largest absolute Gasteiger partial charge is 0.394 e. The van der Waals surface area contributed by atoms with Gasteiger partial charge in [-0.05, 0) is 67.0 Å². The van der Waals surface area contributed by atoms with E-state index < -0.39 is 0 Å². The number of aliphatic hydroxyl groups excluding tert-OH is 1. The van der Waals surface area contributed by atoms with Gasteiger partial charge in [-0.15, -0.1) is 0 Å². The van der Waals surface area contributed by atoms with Crippen molar-refractivity contribution >= 4 is 39.1 Å². The Morgan fingerprint density at radius 3 is 2.38 bits per heavy atom. The molecule has 0 amide bonds. The number of fused-ring (bicyclic) bond motifs is 3. The van der Waals surface area contributed by atoms with Crippen LogP contribution in [0.1, 0.15) is 65.6 Å². The summed E-state index contributed by atoms with van der Waals surface area (Å²) in [6.45, 7) is 5.02. The second kappa shape index (κ2) is 11.5. The Bertz CT molecular complexity index is 1630. The van der Waals surface area contributed by atoms with E-state index in [4.69, 9.17) is 17.2 Å². The molecule has 3 aromatic carbocycles. The van der Waals surface area contributed by atoms with E-state index in [0.29, 0.717) is 5.92 Å². The zero-order chi connectivity index (χ0) is 27.6. The van der Waals surface area contributed by atoms with E-state index in [1.54, 1.807) is 0 Å². The van der Waals surface area contributed by atoms with Gasteiger partial charge < -0.3 is 15.0 Å². The SMILES string of the molecule is Cc1cc(C)c2c3ccccc3n(Cc3ccc([C@@H](C(=S)NC(CO)c4ccccc4)C4CCCC4)cc3)c2n1. The molecule has 0 bridgehead atoms. The quantitative estimate of drug-likeness (QED) is 0.195. The number of aryl methyl sites for hydroxylation is 2. The molecule has 1 saturated carbocycles. The van der Waals surface area contributed by atoms with Gasteiger partial charge in [-0.3, -0.25) is 0 Å². The van der Waals surface area contributed by atoms with Crippen LogP contribution in [0.25, 0.3) is 21.9 Å². The molecule has 1 fully saturated rings. The van der Waals surface area contributed by atoms with Gasteiger partial charge in [0.15, 0.2) is 0 Å². The molecule has 2 heterocycles. The van der Waals surface area contributed by atoms with E-state index >= 15 is 0 Å². The Morgan fingerprint density at radius 1 is 0.950 bits per heavy atom. The number of aliphatic hydroxyl groups is 1. The molecule has 5 aromatic rings. The van der Waals surface area contributed by atoms with Crippen molar-refractivity contribution in [2.24, 2.45) is 5.92 Å². The molecule has 4 nitrogen and oxygen atoms in total. The summed E-state index contributed by atoms with van der Waals surface area (Å²) in [6, 6.07) is 29.7. The van der Waals surface area contributed by atoms with Gasteiger partial charge in [0, 0.05) is 28.9 Å². The zero-order valence-electron chi connectivity index (χ0n) is 23.3. The van der Waals surface area contributed by atoms with Gasteiger partial charge >= 0.3 is 0 Å². The monoisotopic (exact) mass is 547 g/mol. The molecule has 1 aliphatic rings. The van der Waals surface area contributed by atoms with Crippen LogP contribution in [0.15, 0.2) is 84.9 Å². The van der Waals surface area contributed by atoms with Crippen LogP contribution in [0.3, 0.4) is 0 Å². The fourth-order valence-corrected chi connectivity index (χ4v) is 7.13. The number of aromatic nitrogens is 2. The molecule has 1 unspecified atom stereocenters. The number of nitrogens with zero attached hydrogens (tertiary/aromatic N) is 2. The van der Waals surface area contributed by atoms with Crippen molar-refractivity contribution in [1.29, 1.82) is 0 Å². The Labute approximate surface area is 242 Å². The van der Waals surface area contributed by atoms with Crippen LogP contribution in [-0.2, 0) is 6.54 Å². The summed E-state index contributed by atoms with van der Waals surface area (Å²) in [7, 11) is 0. The van der Waals surface area contributed by atoms with Crippen LogP contribution >= 0.6 is 12.2 Å². The summed E-state index contributed by atoms with van der Waals surface area (Å²) in [6.07, 6.45) is 4.89. The maximum Gasteiger partial charge on any atom is 0.141 e. The fraction of sp³-hybridized carbons (Fsp3) is 0.314. The van der Waals surface area contributed by atoms with Crippen LogP contribution in [0.2, 0.25) is 0 Å². The molecule has 1 aliphatic carbocycles. The van der Waals surface area contributed by atoms with Crippen molar-refractivity contribution < 1.29 is 5.11 Å². The van der Waals surface area contributed by atoms with Crippen molar-refractivity contribution in [3.63, 3.8) is 0 Å². The highest BCUT2D eigenvalue weighted by atomic mass is 32.1. The van der Waals surface area contributed by atoms with Crippen LogP contribution < -0.4 is 5.32 Å². The first-order valence-electron chi connectivity index (χ1n) is 14.4. The number of nitrogens with one attached hydrogen (secondary N) is 1. The van der Waals surface area contributed by atoms with Crippen molar-refractivity contribution in [2.75, 3.05) is 6.61 Å². The van der Waals surface area contributed by atoms with E-state index in [1.165, 1.54) is 58.7 Å². The first kappa shape index (κ1) is 26.7. The van der Waals surface area contributed by atoms with Gasteiger partial charge in [0.1, 0.15) is 5.65 Å². The Morgan fingerprint density at radius 2 is 1.65 bits per heavy atom. The number of para-hydroxylation sites is 1. The van der Waals surface area contributed by atoms with Crippen molar-refractivity contribution in [3.8, 4) is 0 Å². The van der Waals surface area contributed by atoms with E-state index in [1.807, 2.05) is 30.3 Å². The summed E-state index contributed by atoms with van der Waals surface area (Å²) in [5.41, 5.74) is 8.13. The molecule has 5 heteroatoms. The zero-order valence-corrected chi connectivity index (χ0v) is 24.1. The van der Waals surface area contributed by atoms with Gasteiger partial charge in [0.05, 0.1) is 23.2 Å². The molecule has 40 heavy (non-hydrogen) atoms. The lowest BCUT2D eigenvalue weighted by Crippen LogP contribution is -2.35. The predicted molar refractivity (Wildman–Crippen MR) is 169 cm³/mol. The smallest absolute Gasteiger partial charge is 0.141 e. The molecule has 0 aliphatic heterocycles. The second-order valence-corrected chi connectivity index (χ2v) is 11.7. The fourth-order valence-electron chi connectivity index (χ4n) is 6.66. The van der Waals surface area contributed by atoms with Crippen molar-refractivity contribution in [3.05, 3.63) is 113 Å². The number of hydrogen-bond acceptors (Lipinski definition) is 3. The molecule has 2 atom stereocenters. The molecule has 0 saturated heterocycles. The minimum atomic E-state index is -0.202. The maximum atomic E-state index is 10.2. The number of rotatable bonds is 8. The lowest BCUT2D eigenvalue weighted by Gasteiger charge is -2.29. The second-order valence-electron chi connectivity index (χ2n) is 11.3. The third-order valence-corrected chi connectivity index (χ3v) is 8.95. The summed E-state index contributed by atoms with van der Waals surface area (Å²) in [5, 5.41) is 16.2. The standard InChI is InChI=1S/C35H37N3OS/c1-23-20-24(2)36-34-32(23)29-14-8-9-15-31(29)38(34)21-25-16-18-28(19-17-25)33(27-12-6-7-13-27)35(40)37-30(22-39)26-10-4-3-5-11-26/h3-5,8-11,14-20,27,30,33,39H,6-7,12-13,21-22H2,1-2H3,(H,37,40)/t30?,33-/m0/s1. The molecule has 2 aromatic heterocycles. The molecule has 2 N–H and O–H groups in total. The van der Waals surface area contributed by atoms with Crippen LogP contribution in [-0.4, -0.2) is 26.3 Å². The average molecular weight is 548 g/mol. The Hall–Kier alpha value is -3.54. The summed E-state index contributed by atoms with van der Waals surface area (Å²) in [5.74, 6) is 0.665. The van der Waals surface area contributed by atoms with Gasteiger partial charge in [-0.2, -0.15) is 0 Å². The highest BCUT2D eigenvalue weighted by Crippen LogP contribution is 2.39.